The maximum Gasteiger partial charge on any atom is 0.331 e. The maximum absolute atomic E-state index is 12.4. The molecule has 0 aliphatic rings. The SMILES string of the molecule is CCCCOCNS(=O)(=O)c1ccc(Oc2ccccc2)c([N+](=O)[O-])c1Cl. The highest BCUT2D eigenvalue weighted by Crippen LogP contribution is 2.40. The number of benzene rings is 2. The fraction of sp³-hybridized carbons (Fsp3) is 0.294. The normalized spacial score (nSPS) is 11.3. The van der Waals surface area contributed by atoms with E-state index in [9.17, 15) is 18.5 Å². The van der Waals surface area contributed by atoms with E-state index in [2.05, 4.69) is 4.72 Å². The molecule has 0 bridgehead atoms. The first-order valence-electron chi connectivity index (χ1n) is 8.14. The Morgan fingerprint density at radius 1 is 1.19 bits per heavy atom. The van der Waals surface area contributed by atoms with Crippen molar-refractivity contribution in [2.75, 3.05) is 13.3 Å². The number of para-hydroxylation sites is 1. The third kappa shape index (κ3) is 5.64. The van der Waals surface area contributed by atoms with Crippen molar-refractivity contribution in [1.82, 2.24) is 4.72 Å². The van der Waals surface area contributed by atoms with Crippen LogP contribution >= 0.6 is 11.6 Å². The molecule has 0 radical (unpaired) electrons. The van der Waals surface area contributed by atoms with Crippen LogP contribution in [0.25, 0.3) is 0 Å². The van der Waals surface area contributed by atoms with Crippen molar-refractivity contribution in [3.63, 3.8) is 0 Å². The summed E-state index contributed by atoms with van der Waals surface area (Å²) in [5.41, 5.74) is -0.629. The van der Waals surface area contributed by atoms with E-state index in [0.717, 1.165) is 18.9 Å². The molecule has 0 saturated carbocycles. The molecule has 146 valence electrons. The Bertz CT molecular complexity index is 890. The van der Waals surface area contributed by atoms with Gasteiger partial charge in [0.2, 0.25) is 15.8 Å². The van der Waals surface area contributed by atoms with Crippen molar-refractivity contribution in [2.45, 2.75) is 24.7 Å². The van der Waals surface area contributed by atoms with Gasteiger partial charge in [-0.05, 0) is 30.7 Å². The smallest absolute Gasteiger partial charge is 0.331 e. The molecule has 0 atom stereocenters. The van der Waals surface area contributed by atoms with E-state index in [1.165, 1.54) is 6.07 Å². The van der Waals surface area contributed by atoms with E-state index in [0.29, 0.717) is 12.4 Å². The summed E-state index contributed by atoms with van der Waals surface area (Å²) in [7, 11) is -4.09. The van der Waals surface area contributed by atoms with E-state index in [1.54, 1.807) is 30.3 Å². The van der Waals surface area contributed by atoms with Gasteiger partial charge in [-0.1, -0.05) is 43.1 Å². The molecular weight excluding hydrogens is 396 g/mol. The standard InChI is InChI=1S/C17H19ClN2O6S/c1-2-3-11-25-12-19-27(23,24)15-10-9-14(17(16(15)18)20(21)22)26-13-7-5-4-6-8-13/h4-10,19H,2-3,11-12H2,1H3. The molecule has 27 heavy (non-hydrogen) atoms. The predicted octanol–water partition coefficient (Wildman–Crippen LogP) is 4.09. The Kier molecular flexibility index (Phi) is 7.55. The zero-order chi connectivity index (χ0) is 19.9. The second-order valence-corrected chi connectivity index (χ2v) is 7.56. The van der Waals surface area contributed by atoms with Crippen molar-refractivity contribution >= 4 is 27.3 Å². The molecule has 0 amide bonds. The van der Waals surface area contributed by atoms with Gasteiger partial charge in [0.15, 0.2) is 0 Å². The van der Waals surface area contributed by atoms with Crippen LogP contribution in [0.4, 0.5) is 5.69 Å². The van der Waals surface area contributed by atoms with Crippen LogP contribution in [0.5, 0.6) is 11.5 Å². The second kappa shape index (κ2) is 9.65. The zero-order valence-electron chi connectivity index (χ0n) is 14.6. The van der Waals surface area contributed by atoms with E-state index in [1.807, 2.05) is 6.92 Å². The van der Waals surface area contributed by atoms with Gasteiger partial charge in [-0.25, -0.2) is 8.42 Å². The quantitative estimate of drug-likeness (QED) is 0.271. The number of nitro groups is 1. The van der Waals surface area contributed by atoms with Crippen molar-refractivity contribution in [3.05, 3.63) is 57.6 Å². The first-order chi connectivity index (χ1) is 12.9. The molecule has 10 heteroatoms. The van der Waals surface area contributed by atoms with Gasteiger partial charge >= 0.3 is 5.69 Å². The first-order valence-corrected chi connectivity index (χ1v) is 10.00. The molecule has 2 rings (SSSR count). The minimum atomic E-state index is -4.09. The van der Waals surface area contributed by atoms with Crippen molar-refractivity contribution in [1.29, 1.82) is 0 Å². The zero-order valence-corrected chi connectivity index (χ0v) is 16.1. The lowest BCUT2D eigenvalue weighted by molar-refractivity contribution is -0.385. The van der Waals surface area contributed by atoms with Gasteiger partial charge in [0.05, 0.1) is 4.92 Å². The molecule has 0 aliphatic carbocycles. The van der Waals surface area contributed by atoms with Gasteiger partial charge in [0.1, 0.15) is 22.4 Å². The monoisotopic (exact) mass is 414 g/mol. The summed E-state index contributed by atoms with van der Waals surface area (Å²) < 4.78 is 37.6. The van der Waals surface area contributed by atoms with Gasteiger partial charge in [0.25, 0.3) is 0 Å². The third-order valence-electron chi connectivity index (χ3n) is 3.48. The highest BCUT2D eigenvalue weighted by atomic mass is 35.5. The lowest BCUT2D eigenvalue weighted by atomic mass is 10.3. The number of nitro benzene ring substituents is 1. The minimum Gasteiger partial charge on any atom is -0.450 e. The summed E-state index contributed by atoms with van der Waals surface area (Å²) in [4.78, 5) is 10.2. The predicted molar refractivity (Wildman–Crippen MR) is 101 cm³/mol. The maximum atomic E-state index is 12.4. The largest absolute Gasteiger partial charge is 0.450 e. The first kappa shape index (κ1) is 21.1. The summed E-state index contributed by atoms with van der Waals surface area (Å²) >= 11 is 6.04. The van der Waals surface area contributed by atoms with Gasteiger partial charge in [-0.3, -0.25) is 10.1 Å². The fourth-order valence-corrected chi connectivity index (χ4v) is 3.62. The van der Waals surface area contributed by atoms with Crippen molar-refractivity contribution in [2.24, 2.45) is 0 Å². The van der Waals surface area contributed by atoms with Crippen LogP contribution in [-0.4, -0.2) is 26.7 Å². The van der Waals surface area contributed by atoms with Gasteiger partial charge in [-0.15, -0.1) is 0 Å². The molecule has 2 aromatic carbocycles. The summed E-state index contributed by atoms with van der Waals surface area (Å²) in [6.45, 7) is 2.12. The van der Waals surface area contributed by atoms with Crippen molar-refractivity contribution < 1.29 is 22.8 Å². The number of nitrogens with zero attached hydrogens (tertiary/aromatic N) is 1. The van der Waals surface area contributed by atoms with Crippen molar-refractivity contribution in [3.8, 4) is 11.5 Å². The number of unbranched alkanes of at least 4 members (excludes halogenated alkanes) is 1. The van der Waals surface area contributed by atoms with Gasteiger partial charge in [0, 0.05) is 6.61 Å². The Morgan fingerprint density at radius 2 is 1.89 bits per heavy atom. The lowest BCUT2D eigenvalue weighted by Gasteiger charge is -2.12. The molecule has 0 aromatic heterocycles. The number of rotatable bonds is 10. The summed E-state index contributed by atoms with van der Waals surface area (Å²) in [5.74, 6) is 0.198. The second-order valence-electron chi connectivity index (χ2n) is 5.45. The molecule has 0 saturated heterocycles. The van der Waals surface area contributed by atoms with E-state index >= 15 is 0 Å². The number of sulfonamides is 1. The number of hydrogen-bond donors (Lipinski definition) is 1. The summed E-state index contributed by atoms with van der Waals surface area (Å²) in [6.07, 6.45) is 1.70. The molecule has 8 nitrogen and oxygen atoms in total. The number of nitrogens with one attached hydrogen (secondary N) is 1. The lowest BCUT2D eigenvalue weighted by Crippen LogP contribution is -2.27. The highest BCUT2D eigenvalue weighted by Gasteiger charge is 2.29. The van der Waals surface area contributed by atoms with Crippen LogP contribution in [-0.2, 0) is 14.8 Å². The summed E-state index contributed by atoms with van der Waals surface area (Å²) in [5, 5.41) is 10.9. The highest BCUT2D eigenvalue weighted by molar-refractivity contribution is 7.89. The average molecular weight is 415 g/mol. The molecule has 0 aliphatic heterocycles. The average Bonchev–Trinajstić information content (AvgIpc) is 2.62. The molecule has 2 aromatic rings. The Morgan fingerprint density at radius 3 is 2.52 bits per heavy atom. The third-order valence-corrected chi connectivity index (χ3v) is 5.39. The van der Waals surface area contributed by atoms with Crippen LogP contribution < -0.4 is 9.46 Å². The van der Waals surface area contributed by atoms with Crippen LogP contribution in [0.3, 0.4) is 0 Å². The van der Waals surface area contributed by atoms with E-state index in [-0.39, 0.29) is 12.5 Å². The molecule has 0 fully saturated rings. The van der Waals surface area contributed by atoms with Crippen LogP contribution in [0.1, 0.15) is 19.8 Å². The molecule has 1 N–H and O–H groups in total. The minimum absolute atomic E-state index is 0.158. The number of ether oxygens (including phenoxy) is 2. The van der Waals surface area contributed by atoms with E-state index in [4.69, 9.17) is 21.1 Å². The Hall–Kier alpha value is -2.20. The molecule has 0 heterocycles. The van der Waals surface area contributed by atoms with Gasteiger partial charge < -0.3 is 9.47 Å². The van der Waals surface area contributed by atoms with Crippen LogP contribution in [0.2, 0.25) is 5.02 Å². The Balaban J connectivity index is 2.28. The molecule has 0 spiro atoms. The molecule has 0 unspecified atom stereocenters. The number of halogens is 1. The topological polar surface area (TPSA) is 108 Å². The number of hydrogen-bond acceptors (Lipinski definition) is 6. The van der Waals surface area contributed by atoms with Crippen LogP contribution in [0.15, 0.2) is 47.4 Å². The van der Waals surface area contributed by atoms with E-state index < -0.39 is 30.6 Å². The summed E-state index contributed by atoms with van der Waals surface area (Å²) in [6, 6.07) is 10.7. The Labute approximate surface area is 162 Å². The van der Waals surface area contributed by atoms with Crippen LogP contribution in [0, 0.1) is 10.1 Å². The van der Waals surface area contributed by atoms with Gasteiger partial charge in [-0.2, -0.15) is 4.72 Å². The fourth-order valence-electron chi connectivity index (χ4n) is 2.12. The molecular formula is C17H19ClN2O6S.